The number of aryl methyl sites for hydroxylation is 1. The first-order valence-electron chi connectivity index (χ1n) is 8.20. The molecule has 3 rings (SSSR count). The van der Waals surface area contributed by atoms with Gasteiger partial charge in [0.1, 0.15) is 0 Å². The Morgan fingerprint density at radius 3 is 2.67 bits per heavy atom. The molecule has 0 aliphatic rings. The van der Waals surface area contributed by atoms with Crippen molar-refractivity contribution in [1.29, 1.82) is 0 Å². The average Bonchev–Trinajstić information content (AvgIpc) is 2.95. The van der Waals surface area contributed by atoms with Gasteiger partial charge in [0.05, 0.1) is 11.5 Å². The van der Waals surface area contributed by atoms with Gasteiger partial charge in [0.25, 0.3) is 11.6 Å². The number of halogens is 1. The van der Waals surface area contributed by atoms with Crippen molar-refractivity contribution in [3.63, 3.8) is 0 Å². The van der Waals surface area contributed by atoms with Crippen LogP contribution in [0.2, 0.25) is 5.02 Å². The SMILES string of the molecule is Cc1c(C(=O)Nc2cc(C)n(Cc3ccccc3Cl)n2)cccc1[N+](=O)[O-]. The molecule has 0 unspecified atom stereocenters. The van der Waals surface area contributed by atoms with Crippen molar-refractivity contribution in [2.45, 2.75) is 20.4 Å². The number of nitro benzene ring substituents is 1. The molecule has 8 heteroatoms. The lowest BCUT2D eigenvalue weighted by atomic mass is 10.1. The van der Waals surface area contributed by atoms with Crippen LogP contribution >= 0.6 is 11.6 Å². The molecule has 3 aromatic rings. The molecule has 0 saturated heterocycles. The average molecular weight is 385 g/mol. The zero-order valence-electron chi connectivity index (χ0n) is 14.8. The molecule has 0 radical (unpaired) electrons. The van der Waals surface area contributed by atoms with Gasteiger partial charge < -0.3 is 5.32 Å². The third-order valence-electron chi connectivity index (χ3n) is 4.25. The molecule has 0 spiro atoms. The van der Waals surface area contributed by atoms with E-state index in [0.29, 0.717) is 22.9 Å². The van der Waals surface area contributed by atoms with E-state index in [9.17, 15) is 14.9 Å². The second kappa shape index (κ2) is 7.59. The number of benzene rings is 2. The van der Waals surface area contributed by atoms with Crippen LogP contribution in [0.15, 0.2) is 48.5 Å². The fourth-order valence-electron chi connectivity index (χ4n) is 2.77. The van der Waals surface area contributed by atoms with E-state index in [-0.39, 0.29) is 11.3 Å². The summed E-state index contributed by atoms with van der Waals surface area (Å²) in [6.45, 7) is 3.89. The van der Waals surface area contributed by atoms with Crippen molar-refractivity contribution in [2.24, 2.45) is 0 Å². The minimum Gasteiger partial charge on any atom is -0.305 e. The van der Waals surface area contributed by atoms with E-state index in [1.165, 1.54) is 12.1 Å². The van der Waals surface area contributed by atoms with E-state index in [4.69, 9.17) is 11.6 Å². The summed E-state index contributed by atoms with van der Waals surface area (Å²) in [7, 11) is 0. The molecule has 0 aliphatic heterocycles. The molecule has 7 nitrogen and oxygen atoms in total. The van der Waals surface area contributed by atoms with Crippen LogP contribution in [-0.2, 0) is 6.54 Å². The Morgan fingerprint density at radius 2 is 1.96 bits per heavy atom. The maximum atomic E-state index is 12.5. The molecule has 1 amide bonds. The van der Waals surface area contributed by atoms with Crippen LogP contribution in [0.3, 0.4) is 0 Å². The van der Waals surface area contributed by atoms with E-state index in [1.807, 2.05) is 31.2 Å². The molecule has 138 valence electrons. The summed E-state index contributed by atoms with van der Waals surface area (Å²) < 4.78 is 1.73. The van der Waals surface area contributed by atoms with Crippen molar-refractivity contribution >= 4 is 29.0 Å². The Balaban J connectivity index is 1.81. The van der Waals surface area contributed by atoms with E-state index >= 15 is 0 Å². The van der Waals surface area contributed by atoms with Crippen LogP contribution in [0.4, 0.5) is 11.5 Å². The van der Waals surface area contributed by atoms with Crippen LogP contribution in [0, 0.1) is 24.0 Å². The first-order valence-corrected chi connectivity index (χ1v) is 8.58. The van der Waals surface area contributed by atoms with Crippen LogP contribution < -0.4 is 5.32 Å². The maximum absolute atomic E-state index is 12.5. The number of carbonyl (C=O) groups is 1. The molecular formula is C19H17ClN4O3. The van der Waals surface area contributed by atoms with Crippen molar-refractivity contribution in [1.82, 2.24) is 9.78 Å². The number of carbonyl (C=O) groups excluding carboxylic acids is 1. The maximum Gasteiger partial charge on any atom is 0.273 e. The predicted octanol–water partition coefficient (Wildman–Crippen LogP) is 4.36. The lowest BCUT2D eigenvalue weighted by Gasteiger charge is -2.07. The highest BCUT2D eigenvalue weighted by Crippen LogP contribution is 2.22. The quantitative estimate of drug-likeness (QED) is 0.522. The minimum atomic E-state index is -0.505. The van der Waals surface area contributed by atoms with Gasteiger partial charge in [-0.15, -0.1) is 0 Å². The third-order valence-corrected chi connectivity index (χ3v) is 4.62. The smallest absolute Gasteiger partial charge is 0.273 e. The van der Waals surface area contributed by atoms with Crippen molar-refractivity contribution in [3.05, 3.63) is 86.1 Å². The Hall–Kier alpha value is -3.19. The van der Waals surface area contributed by atoms with Crippen molar-refractivity contribution in [3.8, 4) is 0 Å². The number of nitrogens with one attached hydrogen (secondary N) is 1. The van der Waals surface area contributed by atoms with Crippen LogP contribution in [0.1, 0.15) is 27.2 Å². The first kappa shape index (κ1) is 18.6. The Kier molecular flexibility index (Phi) is 5.23. The fourth-order valence-corrected chi connectivity index (χ4v) is 2.97. The number of hydrogen-bond donors (Lipinski definition) is 1. The van der Waals surface area contributed by atoms with Gasteiger partial charge in [-0.2, -0.15) is 5.10 Å². The molecule has 1 N–H and O–H groups in total. The summed E-state index contributed by atoms with van der Waals surface area (Å²) >= 11 is 6.19. The number of rotatable bonds is 5. The second-order valence-electron chi connectivity index (χ2n) is 6.08. The number of nitrogens with zero attached hydrogens (tertiary/aromatic N) is 3. The van der Waals surface area contributed by atoms with Crippen LogP contribution in [-0.4, -0.2) is 20.6 Å². The lowest BCUT2D eigenvalue weighted by Crippen LogP contribution is -2.15. The third kappa shape index (κ3) is 3.98. The zero-order valence-corrected chi connectivity index (χ0v) is 15.5. The molecule has 0 atom stereocenters. The minimum absolute atomic E-state index is 0.0944. The number of hydrogen-bond acceptors (Lipinski definition) is 4. The molecule has 1 aromatic heterocycles. The van der Waals surface area contributed by atoms with E-state index in [2.05, 4.69) is 10.4 Å². The van der Waals surface area contributed by atoms with Crippen molar-refractivity contribution < 1.29 is 9.72 Å². The monoisotopic (exact) mass is 384 g/mol. The number of nitro groups is 1. The molecule has 0 aliphatic carbocycles. The highest BCUT2D eigenvalue weighted by molar-refractivity contribution is 6.31. The Labute approximate surface area is 160 Å². The highest BCUT2D eigenvalue weighted by atomic mass is 35.5. The van der Waals surface area contributed by atoms with Gasteiger partial charge in [0.2, 0.25) is 0 Å². The topological polar surface area (TPSA) is 90.1 Å². The predicted molar refractivity (Wildman–Crippen MR) is 103 cm³/mol. The lowest BCUT2D eigenvalue weighted by molar-refractivity contribution is -0.385. The van der Waals surface area contributed by atoms with Gasteiger partial charge in [0, 0.05) is 34.0 Å². The molecule has 0 bridgehead atoms. The molecular weight excluding hydrogens is 368 g/mol. The van der Waals surface area contributed by atoms with Crippen LogP contribution in [0.25, 0.3) is 0 Å². The largest absolute Gasteiger partial charge is 0.305 e. The second-order valence-corrected chi connectivity index (χ2v) is 6.49. The molecule has 0 fully saturated rings. The Bertz CT molecular complexity index is 1030. The van der Waals surface area contributed by atoms with Gasteiger partial charge in [-0.3, -0.25) is 19.6 Å². The molecule has 2 aromatic carbocycles. The van der Waals surface area contributed by atoms with E-state index in [1.54, 1.807) is 23.7 Å². The zero-order chi connectivity index (χ0) is 19.6. The summed E-state index contributed by atoms with van der Waals surface area (Å²) in [5.74, 6) is -0.0750. The van der Waals surface area contributed by atoms with E-state index < -0.39 is 10.8 Å². The van der Waals surface area contributed by atoms with Gasteiger partial charge in [-0.1, -0.05) is 35.9 Å². The van der Waals surface area contributed by atoms with Crippen molar-refractivity contribution in [2.75, 3.05) is 5.32 Å². The number of amides is 1. The van der Waals surface area contributed by atoms with Gasteiger partial charge in [-0.05, 0) is 31.5 Å². The highest BCUT2D eigenvalue weighted by Gasteiger charge is 2.19. The molecule has 1 heterocycles. The summed E-state index contributed by atoms with van der Waals surface area (Å²) in [6.07, 6.45) is 0. The van der Waals surface area contributed by atoms with Crippen LogP contribution in [0.5, 0.6) is 0 Å². The summed E-state index contributed by atoms with van der Waals surface area (Å²) in [5.41, 5.74) is 2.22. The molecule has 0 saturated carbocycles. The van der Waals surface area contributed by atoms with Gasteiger partial charge in [-0.25, -0.2) is 0 Å². The summed E-state index contributed by atoms with van der Waals surface area (Å²) in [6, 6.07) is 13.6. The molecule has 27 heavy (non-hydrogen) atoms. The Morgan fingerprint density at radius 1 is 1.22 bits per heavy atom. The number of aromatic nitrogens is 2. The van der Waals surface area contributed by atoms with E-state index in [0.717, 1.165) is 11.3 Å². The summed E-state index contributed by atoms with van der Waals surface area (Å²) in [5, 5.41) is 18.8. The summed E-state index contributed by atoms with van der Waals surface area (Å²) in [4.78, 5) is 23.1. The standard InChI is InChI=1S/C19H17ClN4O3/c1-12-10-18(22-23(12)11-14-6-3-4-8-16(14)20)21-19(25)15-7-5-9-17(13(15)2)24(26)27/h3-10H,11H2,1-2H3,(H,21,22,25). The number of anilines is 1. The first-order chi connectivity index (χ1) is 12.9. The van der Waals surface area contributed by atoms with Gasteiger partial charge in [0.15, 0.2) is 5.82 Å². The normalized spacial score (nSPS) is 10.6. The fraction of sp³-hybridized carbons (Fsp3) is 0.158. The van der Waals surface area contributed by atoms with Gasteiger partial charge >= 0.3 is 0 Å².